The molecule has 0 spiro atoms. The van der Waals surface area contributed by atoms with E-state index in [2.05, 4.69) is 79.8 Å². The molecule has 1 saturated heterocycles. The summed E-state index contributed by atoms with van der Waals surface area (Å²) in [7, 11) is 0. The lowest BCUT2D eigenvalue weighted by molar-refractivity contribution is -0.122. The molecule has 4 nitrogen and oxygen atoms in total. The summed E-state index contributed by atoms with van der Waals surface area (Å²) in [6, 6.07) is 29.5. The number of hydrogen-bond acceptors (Lipinski definition) is 3. The SMILES string of the molecule is CC(C)Oc1ccc(C(CCNC(=O)CC(c2ccccc2)C2CCOCC2(C)C)c2ccccc2)cc1. The van der Waals surface area contributed by atoms with Crippen LogP contribution in [0.4, 0.5) is 0 Å². The van der Waals surface area contributed by atoms with Crippen LogP contribution < -0.4 is 10.1 Å². The first-order valence-electron chi connectivity index (χ1n) is 14.0. The monoisotopic (exact) mass is 513 g/mol. The Balaban J connectivity index is 1.44. The fourth-order valence-electron chi connectivity index (χ4n) is 5.87. The van der Waals surface area contributed by atoms with E-state index in [1.54, 1.807) is 0 Å². The maximum atomic E-state index is 13.3. The third-order valence-corrected chi connectivity index (χ3v) is 7.78. The van der Waals surface area contributed by atoms with E-state index in [0.29, 0.717) is 18.9 Å². The molecule has 4 rings (SSSR count). The van der Waals surface area contributed by atoms with Gasteiger partial charge in [0.25, 0.3) is 0 Å². The smallest absolute Gasteiger partial charge is 0.220 e. The molecule has 1 amide bonds. The minimum atomic E-state index is 0.0306. The highest BCUT2D eigenvalue weighted by molar-refractivity contribution is 5.77. The molecular weight excluding hydrogens is 470 g/mol. The second-order valence-electron chi connectivity index (χ2n) is 11.5. The summed E-state index contributed by atoms with van der Waals surface area (Å²) in [6.45, 7) is 10.7. The van der Waals surface area contributed by atoms with Gasteiger partial charge in [0.15, 0.2) is 0 Å². The highest BCUT2D eigenvalue weighted by Crippen LogP contribution is 2.44. The van der Waals surface area contributed by atoms with Crippen molar-refractivity contribution in [2.75, 3.05) is 19.8 Å². The van der Waals surface area contributed by atoms with E-state index in [1.165, 1.54) is 16.7 Å². The summed E-state index contributed by atoms with van der Waals surface area (Å²) in [5, 5.41) is 3.26. The van der Waals surface area contributed by atoms with Crippen LogP contribution in [-0.4, -0.2) is 31.8 Å². The first-order valence-corrected chi connectivity index (χ1v) is 14.0. The summed E-state index contributed by atoms with van der Waals surface area (Å²) < 4.78 is 11.6. The van der Waals surface area contributed by atoms with Crippen LogP contribution >= 0.6 is 0 Å². The number of nitrogens with one attached hydrogen (secondary N) is 1. The molecule has 0 radical (unpaired) electrons. The quantitative estimate of drug-likeness (QED) is 0.292. The number of carbonyl (C=O) groups is 1. The summed E-state index contributed by atoms with van der Waals surface area (Å²) in [4.78, 5) is 13.3. The average Bonchev–Trinajstić information content (AvgIpc) is 2.91. The van der Waals surface area contributed by atoms with Crippen molar-refractivity contribution < 1.29 is 14.3 Å². The van der Waals surface area contributed by atoms with Crippen molar-refractivity contribution in [3.63, 3.8) is 0 Å². The summed E-state index contributed by atoms with van der Waals surface area (Å²) in [5.41, 5.74) is 3.76. The van der Waals surface area contributed by atoms with Gasteiger partial charge in [-0.15, -0.1) is 0 Å². The second kappa shape index (κ2) is 13.1. The van der Waals surface area contributed by atoms with E-state index in [1.807, 2.05) is 38.1 Å². The molecule has 0 bridgehead atoms. The predicted octanol–water partition coefficient (Wildman–Crippen LogP) is 7.35. The Morgan fingerprint density at radius 1 is 0.921 bits per heavy atom. The lowest BCUT2D eigenvalue weighted by Gasteiger charge is -2.43. The van der Waals surface area contributed by atoms with Gasteiger partial charge in [0.1, 0.15) is 5.75 Å². The molecule has 1 fully saturated rings. The number of hydrogen-bond donors (Lipinski definition) is 1. The Labute approximate surface area is 228 Å². The van der Waals surface area contributed by atoms with Gasteiger partial charge in [-0.1, -0.05) is 86.6 Å². The first-order chi connectivity index (χ1) is 18.3. The Bertz CT molecular complexity index is 1130. The summed E-state index contributed by atoms with van der Waals surface area (Å²) >= 11 is 0. The van der Waals surface area contributed by atoms with E-state index < -0.39 is 0 Å². The number of ether oxygens (including phenoxy) is 2. The highest BCUT2D eigenvalue weighted by atomic mass is 16.5. The van der Waals surface area contributed by atoms with Gasteiger partial charge in [0.2, 0.25) is 5.91 Å². The zero-order valence-corrected chi connectivity index (χ0v) is 23.4. The molecule has 3 aromatic carbocycles. The standard InChI is InChI=1S/C34H43NO3/c1-25(2)38-29-17-15-28(16-18-29)30(26-11-7-5-8-12-26)19-21-35-33(36)23-31(27-13-9-6-10-14-27)32-20-22-37-24-34(32,3)4/h5-18,25,30-32H,19-24H2,1-4H3,(H,35,36). The second-order valence-corrected chi connectivity index (χ2v) is 11.5. The van der Waals surface area contributed by atoms with Crippen molar-refractivity contribution in [3.05, 3.63) is 102 Å². The van der Waals surface area contributed by atoms with Gasteiger partial charge in [-0.25, -0.2) is 0 Å². The van der Waals surface area contributed by atoms with Gasteiger partial charge in [-0.2, -0.15) is 0 Å². The van der Waals surface area contributed by atoms with E-state index in [0.717, 1.165) is 31.8 Å². The van der Waals surface area contributed by atoms with Gasteiger partial charge >= 0.3 is 0 Å². The molecule has 0 aromatic heterocycles. The van der Waals surface area contributed by atoms with Crippen LogP contribution in [0.15, 0.2) is 84.9 Å². The molecule has 1 aliphatic heterocycles. The lowest BCUT2D eigenvalue weighted by atomic mass is 9.66. The topological polar surface area (TPSA) is 47.6 Å². The molecule has 202 valence electrons. The molecule has 0 saturated carbocycles. The number of carbonyl (C=O) groups excluding carboxylic acids is 1. The number of rotatable bonds is 11. The van der Waals surface area contributed by atoms with Crippen molar-refractivity contribution in [1.82, 2.24) is 5.32 Å². The molecule has 38 heavy (non-hydrogen) atoms. The van der Waals surface area contributed by atoms with E-state index >= 15 is 0 Å². The van der Waals surface area contributed by atoms with Crippen molar-refractivity contribution in [2.24, 2.45) is 11.3 Å². The van der Waals surface area contributed by atoms with Gasteiger partial charge in [-0.05, 0) is 72.8 Å². The normalized spacial score (nSPS) is 18.5. The van der Waals surface area contributed by atoms with Crippen LogP contribution in [-0.2, 0) is 9.53 Å². The van der Waals surface area contributed by atoms with E-state index in [-0.39, 0.29) is 29.3 Å². The minimum Gasteiger partial charge on any atom is -0.491 e. The van der Waals surface area contributed by atoms with Gasteiger partial charge in [0, 0.05) is 25.5 Å². The van der Waals surface area contributed by atoms with Crippen molar-refractivity contribution >= 4 is 5.91 Å². The fourth-order valence-corrected chi connectivity index (χ4v) is 5.87. The zero-order valence-electron chi connectivity index (χ0n) is 23.4. The Morgan fingerprint density at radius 3 is 2.13 bits per heavy atom. The van der Waals surface area contributed by atoms with Crippen molar-refractivity contribution in [2.45, 2.75) is 64.9 Å². The van der Waals surface area contributed by atoms with Crippen LogP contribution in [0.3, 0.4) is 0 Å². The van der Waals surface area contributed by atoms with Crippen LogP contribution in [0.1, 0.15) is 75.5 Å². The van der Waals surface area contributed by atoms with Gasteiger partial charge in [0.05, 0.1) is 12.7 Å². The van der Waals surface area contributed by atoms with Crippen LogP contribution in [0, 0.1) is 11.3 Å². The van der Waals surface area contributed by atoms with Crippen molar-refractivity contribution in [3.8, 4) is 5.75 Å². The van der Waals surface area contributed by atoms with Crippen LogP contribution in [0.5, 0.6) is 5.75 Å². The van der Waals surface area contributed by atoms with Gasteiger partial charge < -0.3 is 14.8 Å². The Hall–Kier alpha value is -3.11. The van der Waals surface area contributed by atoms with Crippen LogP contribution in [0.2, 0.25) is 0 Å². The van der Waals surface area contributed by atoms with Crippen LogP contribution in [0.25, 0.3) is 0 Å². The molecule has 1 N–H and O–H groups in total. The largest absolute Gasteiger partial charge is 0.491 e. The summed E-state index contributed by atoms with van der Waals surface area (Å²) in [5.74, 6) is 1.77. The molecular formula is C34H43NO3. The first kappa shape index (κ1) is 27.9. The maximum absolute atomic E-state index is 13.3. The third kappa shape index (κ3) is 7.48. The summed E-state index contributed by atoms with van der Waals surface area (Å²) in [6.07, 6.45) is 2.45. The Kier molecular flexibility index (Phi) is 9.63. The Morgan fingerprint density at radius 2 is 1.53 bits per heavy atom. The van der Waals surface area contributed by atoms with E-state index in [9.17, 15) is 4.79 Å². The zero-order chi connectivity index (χ0) is 27.0. The minimum absolute atomic E-state index is 0.0306. The number of benzene rings is 3. The van der Waals surface area contributed by atoms with E-state index in [4.69, 9.17) is 9.47 Å². The van der Waals surface area contributed by atoms with Crippen molar-refractivity contribution in [1.29, 1.82) is 0 Å². The lowest BCUT2D eigenvalue weighted by Crippen LogP contribution is -2.40. The third-order valence-electron chi connectivity index (χ3n) is 7.78. The molecule has 1 aliphatic rings. The van der Waals surface area contributed by atoms with Gasteiger partial charge in [-0.3, -0.25) is 4.79 Å². The number of amides is 1. The predicted molar refractivity (Wildman–Crippen MR) is 155 cm³/mol. The molecule has 4 heteroatoms. The maximum Gasteiger partial charge on any atom is 0.220 e. The molecule has 3 atom stereocenters. The fraction of sp³-hybridized carbons (Fsp3) is 0.441. The highest BCUT2D eigenvalue weighted by Gasteiger charge is 2.39. The molecule has 3 unspecified atom stereocenters. The average molecular weight is 514 g/mol. The molecule has 3 aromatic rings. The molecule has 0 aliphatic carbocycles. The molecule has 1 heterocycles.